The molecule has 0 aliphatic rings. The van der Waals surface area contributed by atoms with Crippen LogP contribution in [0, 0.1) is 12.1 Å². The van der Waals surface area contributed by atoms with E-state index in [2.05, 4.69) is 5.10 Å². The zero-order chi connectivity index (χ0) is 12.6. The van der Waals surface area contributed by atoms with Gasteiger partial charge in [-0.1, -0.05) is 11.6 Å². The molecule has 0 amide bonds. The molecular weight excluding hydrogens is 242 g/mol. The number of carbonyl (C=O) groups excluding carboxylic acids is 1. The van der Waals surface area contributed by atoms with Gasteiger partial charge in [-0.3, -0.25) is 4.79 Å². The molecule has 0 aliphatic carbocycles. The third-order valence-corrected chi connectivity index (χ3v) is 2.59. The average molecular weight is 252 g/mol. The molecule has 0 spiro atoms. The van der Waals surface area contributed by atoms with Crippen LogP contribution in [0.2, 0.25) is 5.02 Å². The molecule has 0 aliphatic heterocycles. The summed E-state index contributed by atoms with van der Waals surface area (Å²) >= 11 is 5.76. The molecule has 0 saturated carbocycles. The minimum atomic E-state index is -0.308. The second-order valence-electron chi connectivity index (χ2n) is 3.63. The maximum atomic E-state index is 11.9. The summed E-state index contributed by atoms with van der Waals surface area (Å²) in [6.45, 7) is 2.96. The van der Waals surface area contributed by atoms with E-state index in [0.717, 1.165) is 4.80 Å². The lowest BCUT2D eigenvalue weighted by Gasteiger charge is -2.04. The van der Waals surface area contributed by atoms with Crippen LogP contribution in [0.3, 0.4) is 0 Å². The van der Waals surface area contributed by atoms with E-state index in [4.69, 9.17) is 11.6 Å². The van der Waals surface area contributed by atoms with Crippen LogP contribution in [-0.2, 0) is 0 Å². The van der Waals surface area contributed by atoms with Crippen molar-refractivity contribution in [3.8, 4) is 5.69 Å². The van der Waals surface area contributed by atoms with Crippen molar-refractivity contribution >= 4 is 17.4 Å². The predicted octanol–water partition coefficient (Wildman–Crippen LogP) is 1.67. The van der Waals surface area contributed by atoms with Crippen LogP contribution in [0.25, 0.3) is 5.69 Å². The molecule has 88 valence electrons. The van der Waals surface area contributed by atoms with Crippen molar-refractivity contribution < 1.29 is 9.64 Å². The van der Waals surface area contributed by atoms with Crippen LogP contribution in [-0.4, -0.2) is 15.7 Å². The van der Waals surface area contributed by atoms with E-state index in [1.54, 1.807) is 31.2 Å². The fourth-order valence-electron chi connectivity index (χ4n) is 1.59. The zero-order valence-corrected chi connectivity index (χ0v) is 10.1. The normalized spacial score (nSPS) is 10.5. The molecule has 2 aromatic rings. The van der Waals surface area contributed by atoms with E-state index in [0.29, 0.717) is 21.2 Å². The second kappa shape index (κ2) is 4.18. The summed E-state index contributed by atoms with van der Waals surface area (Å²) in [5, 5.41) is 16.5. The molecule has 6 heteroatoms. The Balaban J connectivity index is 2.57. The number of ketones is 1. The molecule has 0 N–H and O–H groups in total. The molecule has 0 fully saturated rings. The van der Waals surface area contributed by atoms with Crippen LogP contribution in [0.5, 0.6) is 0 Å². The number of nitrogens with zero attached hydrogens (tertiary/aromatic N) is 3. The minimum Gasteiger partial charge on any atom is -0.692 e. The first-order valence-corrected chi connectivity index (χ1v) is 5.35. The number of hydrogen-bond acceptors (Lipinski definition) is 3. The van der Waals surface area contributed by atoms with Crippen molar-refractivity contribution in [2.45, 2.75) is 13.8 Å². The Morgan fingerprint density at radius 2 is 2.00 bits per heavy atom. The van der Waals surface area contributed by atoms with Crippen molar-refractivity contribution in [2.24, 2.45) is 0 Å². The van der Waals surface area contributed by atoms with Crippen LogP contribution >= 0.6 is 11.6 Å². The van der Waals surface area contributed by atoms with Crippen molar-refractivity contribution in [3.63, 3.8) is 0 Å². The highest BCUT2D eigenvalue weighted by Gasteiger charge is 2.23. The monoisotopic (exact) mass is 251 g/mol. The highest BCUT2D eigenvalue weighted by Crippen LogP contribution is 2.12. The third kappa shape index (κ3) is 2.01. The smallest absolute Gasteiger partial charge is 0.243 e. The Labute approximate surface area is 103 Å². The number of hydrogen-bond donors (Lipinski definition) is 0. The van der Waals surface area contributed by atoms with Gasteiger partial charge in [0.2, 0.25) is 17.2 Å². The average Bonchev–Trinajstić information content (AvgIpc) is 2.55. The minimum absolute atomic E-state index is 0.0555. The standard InChI is InChI=1S/C11H10ClN3O2/c1-7-11(8(2)16)15(17)14(13-7)10-5-3-9(12)4-6-10/h3-6H,1-2H3. The number of halogens is 1. The quantitative estimate of drug-likeness (QED) is 0.463. The molecule has 1 aromatic heterocycles. The summed E-state index contributed by atoms with van der Waals surface area (Å²) in [4.78, 5) is 12.9. The lowest BCUT2D eigenvalue weighted by atomic mass is 10.3. The Morgan fingerprint density at radius 1 is 1.41 bits per heavy atom. The SMILES string of the molecule is CC(=O)c1c(C)nn(-c2ccc(Cl)cc2)[n+]1[O-]. The van der Waals surface area contributed by atoms with Crippen molar-refractivity contribution in [2.75, 3.05) is 0 Å². The Morgan fingerprint density at radius 3 is 2.47 bits per heavy atom. The van der Waals surface area contributed by atoms with Gasteiger partial charge < -0.3 is 5.21 Å². The van der Waals surface area contributed by atoms with E-state index in [1.165, 1.54) is 6.92 Å². The fourth-order valence-corrected chi connectivity index (χ4v) is 1.72. The number of carbonyl (C=O) groups is 1. The van der Waals surface area contributed by atoms with Gasteiger partial charge in [0.05, 0.1) is 0 Å². The Kier molecular flexibility index (Phi) is 2.85. The molecule has 1 aromatic carbocycles. The van der Waals surface area contributed by atoms with E-state index in [-0.39, 0.29) is 11.5 Å². The number of aromatic nitrogens is 3. The van der Waals surface area contributed by atoms with Gasteiger partial charge >= 0.3 is 0 Å². The second-order valence-corrected chi connectivity index (χ2v) is 4.07. The van der Waals surface area contributed by atoms with Gasteiger partial charge in [0.25, 0.3) is 0 Å². The molecule has 2 rings (SSSR count). The Bertz CT molecular complexity index is 575. The van der Waals surface area contributed by atoms with E-state index in [9.17, 15) is 10.0 Å². The van der Waals surface area contributed by atoms with Crippen LogP contribution in [0.1, 0.15) is 23.1 Å². The molecule has 0 atom stereocenters. The van der Waals surface area contributed by atoms with Crippen LogP contribution < -0.4 is 4.85 Å². The molecular formula is C11H10ClN3O2. The highest BCUT2D eigenvalue weighted by atomic mass is 35.5. The van der Waals surface area contributed by atoms with Gasteiger partial charge in [0, 0.05) is 24.0 Å². The number of benzene rings is 1. The first kappa shape index (κ1) is 11.6. The topological polar surface area (TPSA) is 61.8 Å². The van der Waals surface area contributed by atoms with Crippen molar-refractivity contribution in [1.82, 2.24) is 9.90 Å². The largest absolute Gasteiger partial charge is 0.692 e. The molecule has 1 heterocycles. The van der Waals surface area contributed by atoms with E-state index >= 15 is 0 Å². The summed E-state index contributed by atoms with van der Waals surface area (Å²) in [5.74, 6) is -0.308. The fraction of sp³-hybridized carbons (Fsp3) is 0.182. The lowest BCUT2D eigenvalue weighted by molar-refractivity contribution is -0.690. The molecule has 0 radical (unpaired) electrons. The van der Waals surface area contributed by atoms with Gasteiger partial charge in [-0.15, -0.1) is 4.85 Å². The molecule has 0 unspecified atom stereocenters. The zero-order valence-electron chi connectivity index (χ0n) is 9.35. The molecule has 0 bridgehead atoms. The summed E-state index contributed by atoms with van der Waals surface area (Å²) in [5.41, 5.74) is 1.02. The van der Waals surface area contributed by atoms with Gasteiger partial charge in [0.15, 0.2) is 0 Å². The number of rotatable bonds is 2. The van der Waals surface area contributed by atoms with E-state index < -0.39 is 0 Å². The first-order chi connectivity index (χ1) is 8.00. The maximum Gasteiger partial charge on any atom is 0.243 e. The molecule has 0 saturated heterocycles. The molecule has 17 heavy (non-hydrogen) atoms. The molecule has 5 nitrogen and oxygen atoms in total. The summed E-state index contributed by atoms with van der Waals surface area (Å²) in [7, 11) is 0. The number of Topliss-reactive ketones (excluding diaryl/α,β-unsaturated/α-hetero) is 1. The lowest BCUT2D eigenvalue weighted by Crippen LogP contribution is -2.41. The predicted molar refractivity (Wildman–Crippen MR) is 62.3 cm³/mol. The Hall–Kier alpha value is -1.88. The van der Waals surface area contributed by atoms with Gasteiger partial charge in [-0.05, 0) is 29.1 Å². The third-order valence-electron chi connectivity index (χ3n) is 2.34. The van der Waals surface area contributed by atoms with Crippen LogP contribution in [0.4, 0.5) is 0 Å². The first-order valence-electron chi connectivity index (χ1n) is 4.97. The summed E-state index contributed by atoms with van der Waals surface area (Å²) < 4.78 is 0. The number of aryl methyl sites for hydroxylation is 1. The maximum absolute atomic E-state index is 11.9. The van der Waals surface area contributed by atoms with Crippen molar-refractivity contribution in [3.05, 3.63) is 45.9 Å². The van der Waals surface area contributed by atoms with Gasteiger partial charge in [0.1, 0.15) is 5.69 Å². The van der Waals surface area contributed by atoms with Gasteiger partial charge in [-0.25, -0.2) is 0 Å². The van der Waals surface area contributed by atoms with Gasteiger partial charge in [-0.2, -0.15) is 0 Å². The van der Waals surface area contributed by atoms with E-state index in [1.807, 2.05) is 0 Å². The highest BCUT2D eigenvalue weighted by molar-refractivity contribution is 6.30. The summed E-state index contributed by atoms with van der Waals surface area (Å²) in [6.07, 6.45) is 0. The summed E-state index contributed by atoms with van der Waals surface area (Å²) in [6, 6.07) is 6.63. The van der Waals surface area contributed by atoms with Crippen molar-refractivity contribution in [1.29, 1.82) is 0 Å². The van der Waals surface area contributed by atoms with Crippen LogP contribution in [0.15, 0.2) is 24.3 Å².